The summed E-state index contributed by atoms with van der Waals surface area (Å²) < 4.78 is 11.3. The summed E-state index contributed by atoms with van der Waals surface area (Å²) in [6.45, 7) is 2.47. The summed E-state index contributed by atoms with van der Waals surface area (Å²) >= 11 is 0. The van der Waals surface area contributed by atoms with Crippen LogP contribution in [0.2, 0.25) is 0 Å². The Hall–Kier alpha value is -5.30. The van der Waals surface area contributed by atoms with Gasteiger partial charge in [-0.15, -0.1) is 0 Å². The molecule has 0 saturated carbocycles. The molecule has 1 fully saturated rings. The van der Waals surface area contributed by atoms with E-state index in [1.54, 1.807) is 31.5 Å². The van der Waals surface area contributed by atoms with E-state index in [-0.39, 0.29) is 17.9 Å². The first-order valence-electron chi connectivity index (χ1n) is 13.7. The molecule has 7 nitrogen and oxygen atoms in total. The van der Waals surface area contributed by atoms with Gasteiger partial charge in [-0.1, -0.05) is 60.7 Å². The molecule has 2 N–H and O–H groups in total. The molecule has 0 radical (unpaired) electrons. The number of carbonyl (C=O) groups is 2. The van der Waals surface area contributed by atoms with Gasteiger partial charge in [0, 0.05) is 34.8 Å². The Morgan fingerprint density at radius 2 is 1.64 bits per heavy atom. The molecule has 1 unspecified atom stereocenters. The lowest BCUT2D eigenvalue weighted by Crippen LogP contribution is -2.29. The topological polar surface area (TPSA) is 91.9 Å². The first-order chi connectivity index (χ1) is 20.4. The van der Waals surface area contributed by atoms with E-state index in [1.807, 2.05) is 85.8 Å². The molecular weight excluding hydrogens is 528 g/mol. The number of hydrogen-bond acceptors (Lipinski definition) is 5. The number of likely N-dealkylation sites (tertiary alicyclic amines) is 1. The summed E-state index contributed by atoms with van der Waals surface area (Å²) in [5, 5.41) is 12.5. The third-order valence-corrected chi connectivity index (χ3v) is 7.65. The number of ether oxygens (including phenoxy) is 2. The lowest BCUT2D eigenvalue weighted by molar-refractivity contribution is -0.140. The summed E-state index contributed by atoms with van der Waals surface area (Å²) in [6, 6.07) is 29.4. The summed E-state index contributed by atoms with van der Waals surface area (Å²) in [5.74, 6) is -0.247. The fraction of sp³-hybridized carbons (Fsp3) is 0.143. The van der Waals surface area contributed by atoms with Gasteiger partial charge in [0.25, 0.3) is 11.7 Å². The van der Waals surface area contributed by atoms with Crippen LogP contribution in [0.1, 0.15) is 33.9 Å². The molecule has 42 heavy (non-hydrogen) atoms. The highest BCUT2D eigenvalue weighted by molar-refractivity contribution is 6.46. The predicted octanol–water partition coefficient (Wildman–Crippen LogP) is 6.69. The number of H-pyrrole nitrogens is 1. The van der Waals surface area contributed by atoms with E-state index in [1.165, 1.54) is 4.90 Å². The molecule has 0 bridgehead atoms. The van der Waals surface area contributed by atoms with Crippen LogP contribution >= 0.6 is 0 Å². The molecular formula is C35H30N2O5. The van der Waals surface area contributed by atoms with Gasteiger partial charge in [-0.05, 0) is 60.0 Å². The van der Waals surface area contributed by atoms with Gasteiger partial charge in [-0.3, -0.25) is 9.59 Å². The van der Waals surface area contributed by atoms with E-state index in [2.05, 4.69) is 4.98 Å². The molecule has 1 aliphatic heterocycles. The van der Waals surface area contributed by atoms with Crippen molar-refractivity contribution < 1.29 is 24.2 Å². The molecule has 1 amide bonds. The maximum Gasteiger partial charge on any atom is 0.295 e. The van der Waals surface area contributed by atoms with Crippen molar-refractivity contribution in [2.45, 2.75) is 26.1 Å². The number of aromatic nitrogens is 1. The molecule has 4 aromatic carbocycles. The molecule has 1 atom stereocenters. The molecule has 1 saturated heterocycles. The van der Waals surface area contributed by atoms with Crippen LogP contribution in [-0.4, -0.2) is 33.8 Å². The zero-order chi connectivity index (χ0) is 29.2. The second kappa shape index (κ2) is 11.3. The number of methoxy groups -OCH3 is 1. The van der Waals surface area contributed by atoms with Gasteiger partial charge in [0.05, 0.1) is 18.7 Å². The van der Waals surface area contributed by atoms with Crippen molar-refractivity contribution in [3.63, 3.8) is 0 Å². The number of ketones is 1. The minimum atomic E-state index is -0.794. The second-order valence-electron chi connectivity index (χ2n) is 10.3. The van der Waals surface area contributed by atoms with E-state index >= 15 is 0 Å². The lowest BCUT2D eigenvalue weighted by atomic mass is 9.94. The van der Waals surface area contributed by atoms with Crippen molar-refractivity contribution in [2.24, 2.45) is 0 Å². The number of fused-ring (bicyclic) bond motifs is 1. The Bertz CT molecular complexity index is 1800. The molecule has 1 aromatic heterocycles. The number of aromatic amines is 1. The van der Waals surface area contributed by atoms with Crippen molar-refractivity contribution in [3.8, 4) is 11.5 Å². The number of carbonyl (C=O) groups excluding carboxylic acids is 2. The Labute approximate surface area is 243 Å². The summed E-state index contributed by atoms with van der Waals surface area (Å²) in [5.41, 5.74) is 4.77. The quantitative estimate of drug-likeness (QED) is 0.126. The van der Waals surface area contributed by atoms with E-state index in [0.29, 0.717) is 23.7 Å². The average molecular weight is 559 g/mol. The minimum absolute atomic E-state index is 0.0515. The first-order valence-corrected chi connectivity index (χ1v) is 13.7. The minimum Gasteiger partial charge on any atom is -0.507 e. The molecule has 1 aliphatic rings. The Kier molecular flexibility index (Phi) is 7.23. The Balaban J connectivity index is 1.40. The molecule has 5 aromatic rings. The van der Waals surface area contributed by atoms with Crippen LogP contribution in [0.15, 0.2) is 109 Å². The van der Waals surface area contributed by atoms with Crippen LogP contribution in [-0.2, 0) is 22.7 Å². The second-order valence-corrected chi connectivity index (χ2v) is 10.3. The Morgan fingerprint density at radius 1 is 0.905 bits per heavy atom. The highest BCUT2D eigenvalue weighted by Crippen LogP contribution is 2.43. The maximum atomic E-state index is 13.6. The highest BCUT2D eigenvalue weighted by atomic mass is 16.5. The zero-order valence-electron chi connectivity index (χ0n) is 23.3. The number of hydrogen-bond donors (Lipinski definition) is 2. The van der Waals surface area contributed by atoms with Gasteiger partial charge in [-0.25, -0.2) is 0 Å². The zero-order valence-corrected chi connectivity index (χ0v) is 23.3. The molecule has 0 aliphatic carbocycles. The number of para-hydroxylation sites is 1. The van der Waals surface area contributed by atoms with Gasteiger partial charge in [0.15, 0.2) is 0 Å². The smallest absolute Gasteiger partial charge is 0.295 e. The van der Waals surface area contributed by atoms with Crippen molar-refractivity contribution in [1.82, 2.24) is 9.88 Å². The van der Waals surface area contributed by atoms with Crippen molar-refractivity contribution in [2.75, 3.05) is 7.11 Å². The summed E-state index contributed by atoms with van der Waals surface area (Å²) in [4.78, 5) is 31.9. The molecule has 7 heteroatoms. The largest absolute Gasteiger partial charge is 0.507 e. The van der Waals surface area contributed by atoms with E-state index in [0.717, 1.165) is 33.2 Å². The lowest BCUT2D eigenvalue weighted by Gasteiger charge is -2.25. The number of benzene rings is 4. The Morgan fingerprint density at radius 3 is 2.38 bits per heavy atom. The number of amides is 1. The van der Waals surface area contributed by atoms with Crippen molar-refractivity contribution >= 4 is 28.4 Å². The van der Waals surface area contributed by atoms with Crippen molar-refractivity contribution in [3.05, 3.63) is 137 Å². The third kappa shape index (κ3) is 5.01. The maximum absolute atomic E-state index is 13.6. The van der Waals surface area contributed by atoms with Crippen LogP contribution in [0.4, 0.5) is 0 Å². The highest BCUT2D eigenvalue weighted by Gasteiger charge is 2.46. The van der Waals surface area contributed by atoms with Gasteiger partial charge >= 0.3 is 0 Å². The average Bonchev–Trinajstić information content (AvgIpc) is 3.55. The normalized spacial score (nSPS) is 16.2. The van der Waals surface area contributed by atoms with Gasteiger partial charge in [0.1, 0.15) is 23.9 Å². The number of aliphatic hydroxyl groups excluding tert-OH is 1. The SMILES string of the molecule is COc1ccc(CN2C(=O)C(=O)/C(=C(/O)c3ccc(OCc4ccccc4)c(C)c3)C2c2c[nH]c3ccccc23)cc1. The molecule has 0 spiro atoms. The number of aryl methyl sites for hydroxylation is 1. The van der Waals surface area contributed by atoms with Crippen molar-refractivity contribution in [1.29, 1.82) is 0 Å². The van der Waals surface area contributed by atoms with Crippen LogP contribution in [0.3, 0.4) is 0 Å². The fourth-order valence-electron chi connectivity index (χ4n) is 5.46. The molecule has 6 rings (SSSR count). The first kappa shape index (κ1) is 26.9. The van der Waals surface area contributed by atoms with Gasteiger partial charge in [-0.2, -0.15) is 0 Å². The van der Waals surface area contributed by atoms with E-state index < -0.39 is 17.7 Å². The van der Waals surface area contributed by atoms with E-state index in [4.69, 9.17) is 9.47 Å². The van der Waals surface area contributed by atoms with Crippen LogP contribution in [0.5, 0.6) is 11.5 Å². The van der Waals surface area contributed by atoms with Gasteiger partial charge in [0.2, 0.25) is 0 Å². The van der Waals surface area contributed by atoms with Crippen LogP contribution < -0.4 is 9.47 Å². The van der Waals surface area contributed by atoms with Gasteiger partial charge < -0.3 is 24.5 Å². The molecule has 2 heterocycles. The van der Waals surface area contributed by atoms with E-state index in [9.17, 15) is 14.7 Å². The standard InChI is InChI=1S/C35H30N2O5/c1-22-18-25(14-17-30(22)42-21-24-8-4-3-5-9-24)33(38)31-32(28-19-36-29-11-7-6-10-27(28)29)37(35(40)34(31)39)20-23-12-15-26(41-2)16-13-23/h3-19,32,36,38H,20-21H2,1-2H3/b33-31+. The summed E-state index contributed by atoms with van der Waals surface area (Å²) in [7, 11) is 1.59. The number of rotatable bonds is 8. The number of nitrogens with one attached hydrogen (secondary N) is 1. The van der Waals surface area contributed by atoms with Crippen LogP contribution in [0, 0.1) is 6.92 Å². The third-order valence-electron chi connectivity index (χ3n) is 7.65. The predicted molar refractivity (Wildman–Crippen MR) is 161 cm³/mol. The fourth-order valence-corrected chi connectivity index (χ4v) is 5.46. The number of aliphatic hydroxyl groups is 1. The number of nitrogens with zero attached hydrogens (tertiary/aromatic N) is 1. The number of Topliss-reactive ketones (excluding diaryl/α,β-unsaturated/α-hetero) is 1. The monoisotopic (exact) mass is 558 g/mol. The van der Waals surface area contributed by atoms with Crippen LogP contribution in [0.25, 0.3) is 16.7 Å². The summed E-state index contributed by atoms with van der Waals surface area (Å²) in [6.07, 6.45) is 1.81. The molecule has 210 valence electrons.